The maximum atomic E-state index is 14.3. The Morgan fingerprint density at radius 1 is 1.02 bits per heavy atom. The second-order valence-corrected chi connectivity index (χ2v) is 9.47. The highest BCUT2D eigenvalue weighted by atomic mass is 19.4. The van der Waals surface area contributed by atoms with Gasteiger partial charge in [-0.3, -0.25) is 14.2 Å². The third-order valence-electron chi connectivity index (χ3n) is 6.82. The first-order valence-electron chi connectivity index (χ1n) is 12.5. The van der Waals surface area contributed by atoms with E-state index in [0.717, 1.165) is 0 Å². The summed E-state index contributed by atoms with van der Waals surface area (Å²) < 4.78 is 57.7. The van der Waals surface area contributed by atoms with Crippen molar-refractivity contribution in [1.29, 1.82) is 0 Å². The first kappa shape index (κ1) is 27.0. The summed E-state index contributed by atoms with van der Waals surface area (Å²) >= 11 is 0. The predicted octanol–water partition coefficient (Wildman–Crippen LogP) is 5.90. The fraction of sp³-hybridized carbons (Fsp3) is 0.241. The average Bonchev–Trinajstić information content (AvgIpc) is 3.40. The van der Waals surface area contributed by atoms with Gasteiger partial charge in [-0.05, 0) is 49.2 Å². The molecule has 4 aromatic rings. The Bertz CT molecular complexity index is 1650. The number of carboxylic acid groups (broad SMARTS) is 1. The smallest absolute Gasteiger partial charge is 0.435 e. The SMILES string of the molecule is O=C(O)CCCCc1nc2cc(C3=NOC(c4ccccc4)(C(F)(F)F)C3)ccc2c(=O)n1-c1ccc(F)cc1. The molecule has 0 saturated heterocycles. The van der Waals surface area contributed by atoms with Gasteiger partial charge in [0.25, 0.3) is 11.2 Å². The van der Waals surface area contributed by atoms with E-state index in [1.54, 1.807) is 6.07 Å². The summed E-state index contributed by atoms with van der Waals surface area (Å²) in [6.07, 6.45) is -4.37. The number of carbonyl (C=O) groups is 1. The summed E-state index contributed by atoms with van der Waals surface area (Å²) in [5.74, 6) is -1.12. The number of nitrogens with zero attached hydrogens (tertiary/aromatic N) is 3. The number of benzene rings is 3. The first-order chi connectivity index (χ1) is 19.1. The number of halogens is 4. The van der Waals surface area contributed by atoms with Crippen molar-refractivity contribution in [2.45, 2.75) is 43.9 Å². The maximum absolute atomic E-state index is 14.3. The zero-order valence-electron chi connectivity index (χ0n) is 21.0. The Labute approximate surface area is 225 Å². The largest absolute Gasteiger partial charge is 0.481 e. The molecule has 11 heteroatoms. The number of aryl methyl sites for hydroxylation is 1. The Morgan fingerprint density at radius 3 is 2.42 bits per heavy atom. The minimum Gasteiger partial charge on any atom is -0.481 e. The van der Waals surface area contributed by atoms with Crippen molar-refractivity contribution < 1.29 is 32.3 Å². The molecule has 0 spiro atoms. The van der Waals surface area contributed by atoms with Gasteiger partial charge >= 0.3 is 12.1 Å². The number of fused-ring (bicyclic) bond motifs is 1. The molecule has 1 aliphatic rings. The zero-order valence-corrected chi connectivity index (χ0v) is 21.0. The van der Waals surface area contributed by atoms with Crippen LogP contribution >= 0.6 is 0 Å². The molecule has 1 aromatic heterocycles. The highest BCUT2D eigenvalue weighted by Crippen LogP contribution is 2.48. The summed E-state index contributed by atoms with van der Waals surface area (Å²) in [7, 11) is 0. The molecule has 1 aliphatic heterocycles. The third-order valence-corrected chi connectivity index (χ3v) is 6.82. The van der Waals surface area contributed by atoms with E-state index in [1.807, 2.05) is 0 Å². The van der Waals surface area contributed by atoms with E-state index in [2.05, 4.69) is 10.1 Å². The molecular weight excluding hydrogens is 530 g/mol. The monoisotopic (exact) mass is 553 g/mol. The topological polar surface area (TPSA) is 93.8 Å². The molecule has 0 amide bonds. The van der Waals surface area contributed by atoms with E-state index in [0.29, 0.717) is 29.9 Å². The van der Waals surface area contributed by atoms with Crippen LogP contribution in [0.4, 0.5) is 17.6 Å². The minimum atomic E-state index is -4.75. The van der Waals surface area contributed by atoms with Crippen LogP contribution < -0.4 is 5.56 Å². The number of hydrogen-bond donors (Lipinski definition) is 1. The highest BCUT2D eigenvalue weighted by Gasteiger charge is 2.62. The van der Waals surface area contributed by atoms with Crippen molar-refractivity contribution in [3.63, 3.8) is 0 Å². The molecule has 1 unspecified atom stereocenters. The second-order valence-electron chi connectivity index (χ2n) is 9.47. The number of unbranched alkanes of at least 4 members (excludes halogenated alkanes) is 1. The predicted molar refractivity (Wildman–Crippen MR) is 139 cm³/mol. The number of carboxylic acids is 1. The van der Waals surface area contributed by atoms with Crippen LogP contribution in [0, 0.1) is 5.82 Å². The summed E-state index contributed by atoms with van der Waals surface area (Å²) in [4.78, 5) is 34.2. The second kappa shape index (κ2) is 10.6. The van der Waals surface area contributed by atoms with Gasteiger partial charge in [0, 0.05) is 30.4 Å². The Hall–Kier alpha value is -4.54. The maximum Gasteiger partial charge on any atom is 0.435 e. The lowest BCUT2D eigenvalue weighted by Gasteiger charge is -2.29. The van der Waals surface area contributed by atoms with Crippen molar-refractivity contribution in [3.05, 3.63) is 106 Å². The number of hydrogen-bond acceptors (Lipinski definition) is 5. The van der Waals surface area contributed by atoms with Crippen LogP contribution in [-0.2, 0) is 21.7 Å². The van der Waals surface area contributed by atoms with Crippen LogP contribution in [0.3, 0.4) is 0 Å². The van der Waals surface area contributed by atoms with Gasteiger partial charge in [0.1, 0.15) is 11.6 Å². The molecule has 206 valence electrons. The molecule has 1 N–H and O–H groups in total. The fourth-order valence-electron chi connectivity index (χ4n) is 4.76. The van der Waals surface area contributed by atoms with Gasteiger partial charge in [-0.2, -0.15) is 13.2 Å². The molecular formula is C29H23F4N3O4. The molecule has 2 heterocycles. The van der Waals surface area contributed by atoms with Crippen molar-refractivity contribution in [2.75, 3.05) is 0 Å². The normalized spacial score (nSPS) is 17.1. The lowest BCUT2D eigenvalue weighted by atomic mass is 9.86. The molecule has 1 atom stereocenters. The van der Waals surface area contributed by atoms with Crippen molar-refractivity contribution in [2.24, 2.45) is 5.16 Å². The number of aliphatic carboxylic acids is 1. The van der Waals surface area contributed by atoms with Crippen molar-refractivity contribution in [3.8, 4) is 5.69 Å². The fourth-order valence-corrected chi connectivity index (χ4v) is 4.76. The Morgan fingerprint density at radius 2 is 1.75 bits per heavy atom. The van der Waals surface area contributed by atoms with Crippen LogP contribution in [0.2, 0.25) is 0 Å². The van der Waals surface area contributed by atoms with Gasteiger partial charge in [-0.25, -0.2) is 9.37 Å². The van der Waals surface area contributed by atoms with Crippen molar-refractivity contribution >= 4 is 22.6 Å². The highest BCUT2D eigenvalue weighted by molar-refractivity contribution is 6.04. The third kappa shape index (κ3) is 5.06. The zero-order chi connectivity index (χ0) is 28.5. The first-order valence-corrected chi connectivity index (χ1v) is 12.5. The molecule has 0 fully saturated rings. The molecule has 0 radical (unpaired) electrons. The molecule has 0 bridgehead atoms. The van der Waals surface area contributed by atoms with Crippen LogP contribution in [0.1, 0.15) is 42.6 Å². The van der Waals surface area contributed by atoms with Gasteiger partial charge in [0.2, 0.25) is 0 Å². The van der Waals surface area contributed by atoms with E-state index >= 15 is 0 Å². The van der Waals surface area contributed by atoms with Crippen LogP contribution in [-0.4, -0.2) is 32.5 Å². The number of alkyl halides is 3. The summed E-state index contributed by atoms with van der Waals surface area (Å²) in [5.41, 5.74) is -2.19. The average molecular weight is 554 g/mol. The summed E-state index contributed by atoms with van der Waals surface area (Å²) in [6, 6.07) is 17.0. The van der Waals surface area contributed by atoms with Gasteiger partial charge in [0.05, 0.1) is 22.3 Å². The lowest BCUT2D eigenvalue weighted by Crippen LogP contribution is -2.42. The molecule has 3 aromatic carbocycles. The van der Waals surface area contributed by atoms with Gasteiger partial charge in [-0.15, -0.1) is 0 Å². The Kier molecular flexibility index (Phi) is 7.14. The number of aromatic nitrogens is 2. The number of rotatable bonds is 8. The van der Waals surface area contributed by atoms with Crippen LogP contribution in [0.5, 0.6) is 0 Å². The van der Waals surface area contributed by atoms with Crippen molar-refractivity contribution in [1.82, 2.24) is 9.55 Å². The molecule has 0 aliphatic carbocycles. The Balaban J connectivity index is 1.55. The van der Waals surface area contributed by atoms with Gasteiger partial charge in [0.15, 0.2) is 0 Å². The molecule has 7 nitrogen and oxygen atoms in total. The minimum absolute atomic E-state index is 0.0515. The summed E-state index contributed by atoms with van der Waals surface area (Å²) in [6.45, 7) is 0. The number of oxime groups is 1. The standard InChI is InChI=1S/C29H23F4N3O4/c30-20-11-13-21(14-12-20)36-25(8-4-5-9-26(37)38)34-23-16-18(10-15-22(23)27(36)39)24-17-28(40-35-24,29(31,32)33)19-6-2-1-3-7-19/h1-3,6-7,10-16H,4-5,8-9,17H2,(H,37,38). The molecule has 5 rings (SSSR count). The van der Waals surface area contributed by atoms with Crippen LogP contribution in [0.25, 0.3) is 16.6 Å². The molecule has 40 heavy (non-hydrogen) atoms. The van der Waals surface area contributed by atoms with E-state index in [1.165, 1.54) is 71.3 Å². The van der Waals surface area contributed by atoms with E-state index in [4.69, 9.17) is 9.94 Å². The van der Waals surface area contributed by atoms with Crippen LogP contribution in [0.15, 0.2) is 82.7 Å². The van der Waals surface area contributed by atoms with E-state index in [-0.39, 0.29) is 35.0 Å². The van der Waals surface area contributed by atoms with E-state index in [9.17, 15) is 27.2 Å². The quantitative estimate of drug-likeness (QED) is 0.217. The molecule has 0 saturated carbocycles. The van der Waals surface area contributed by atoms with Gasteiger partial charge in [-0.1, -0.05) is 41.6 Å². The lowest BCUT2D eigenvalue weighted by molar-refractivity contribution is -0.275. The summed E-state index contributed by atoms with van der Waals surface area (Å²) in [5, 5.41) is 13.0. The van der Waals surface area contributed by atoms with E-state index < -0.39 is 35.5 Å². The van der Waals surface area contributed by atoms with Gasteiger partial charge < -0.3 is 9.94 Å².